The molecule has 0 spiro atoms. The Balaban J connectivity index is 1.83. The molecule has 170 valence electrons. The fraction of sp³-hybridized carbons (Fsp3) is 0.778. The predicted molar refractivity (Wildman–Crippen MR) is 124 cm³/mol. The molecule has 0 amide bonds. The largest absolute Gasteiger partial charge is 0.393 e. The molecule has 3 aliphatic carbocycles. The molecule has 0 bridgehead atoms. The van der Waals surface area contributed by atoms with Crippen molar-refractivity contribution in [3.63, 3.8) is 0 Å². The molecule has 3 saturated carbocycles. The van der Waals surface area contributed by atoms with Gasteiger partial charge in [-0.15, -0.1) is 0 Å². The van der Waals surface area contributed by atoms with Crippen LogP contribution in [0.15, 0.2) is 35.5 Å². The van der Waals surface area contributed by atoms with Gasteiger partial charge in [-0.05, 0) is 93.0 Å². The lowest BCUT2D eigenvalue weighted by atomic mass is 9.60. The van der Waals surface area contributed by atoms with Gasteiger partial charge in [0.05, 0.1) is 17.8 Å². The second-order valence-corrected chi connectivity index (χ2v) is 9.93. The zero-order chi connectivity index (χ0) is 29.6. The average Bonchev–Trinajstić information content (AvgIpc) is 3.20. The highest BCUT2D eigenvalue weighted by atomic mass is 16.3. The fourth-order valence-corrected chi connectivity index (χ4v) is 6.09. The molecule has 3 N–H and O–H groups in total. The molecule has 0 unspecified atom stereocenters. The lowest BCUT2D eigenvalue weighted by Gasteiger charge is -2.44. The maximum Gasteiger partial charge on any atom is 0.0811 e. The van der Waals surface area contributed by atoms with Gasteiger partial charge in [-0.1, -0.05) is 50.9 Å². The van der Waals surface area contributed by atoms with Crippen LogP contribution in [0.25, 0.3) is 0 Å². The monoisotopic (exact) mass is 425 g/mol. The lowest BCUT2D eigenvalue weighted by Crippen LogP contribution is -2.36. The summed E-state index contributed by atoms with van der Waals surface area (Å²) in [4.78, 5) is 0. The van der Waals surface area contributed by atoms with Crippen molar-refractivity contribution in [2.75, 3.05) is 0 Å². The van der Waals surface area contributed by atoms with E-state index in [-0.39, 0.29) is 30.6 Å². The summed E-state index contributed by atoms with van der Waals surface area (Å²) >= 11 is 0. The highest BCUT2D eigenvalue weighted by molar-refractivity contribution is 5.38. The summed E-state index contributed by atoms with van der Waals surface area (Å²) < 4.78 is 71.5. The van der Waals surface area contributed by atoms with Crippen molar-refractivity contribution in [3.05, 3.63) is 35.5 Å². The van der Waals surface area contributed by atoms with Crippen LogP contribution in [0.4, 0.5) is 0 Å². The summed E-state index contributed by atoms with van der Waals surface area (Å²) in [6.07, 6.45) is 6.67. The minimum absolute atomic E-state index is 0.103. The summed E-state index contributed by atoms with van der Waals surface area (Å²) in [6, 6.07) is 0. The third-order valence-corrected chi connectivity index (χ3v) is 7.70. The topological polar surface area (TPSA) is 60.7 Å². The van der Waals surface area contributed by atoms with Gasteiger partial charge in [0.25, 0.3) is 0 Å². The molecule has 3 nitrogen and oxygen atoms in total. The number of fused-ring (bicyclic) bond motifs is 1. The second kappa shape index (κ2) is 9.30. The molecular formula is C27H44O3. The zero-order valence-electron chi connectivity index (χ0n) is 27.2. The average molecular weight is 426 g/mol. The van der Waals surface area contributed by atoms with Crippen molar-refractivity contribution < 1.29 is 27.7 Å². The molecule has 0 aromatic carbocycles. The van der Waals surface area contributed by atoms with Gasteiger partial charge in [0.15, 0.2) is 0 Å². The second-order valence-electron chi connectivity index (χ2n) is 9.93. The lowest BCUT2D eigenvalue weighted by molar-refractivity contribution is 0.0596. The van der Waals surface area contributed by atoms with Crippen LogP contribution in [0, 0.1) is 23.2 Å². The number of rotatable bonds is 6. The van der Waals surface area contributed by atoms with Crippen LogP contribution in [0.3, 0.4) is 0 Å². The minimum Gasteiger partial charge on any atom is -0.393 e. The molecule has 0 saturated heterocycles. The van der Waals surface area contributed by atoms with E-state index in [9.17, 15) is 15.3 Å². The summed E-state index contributed by atoms with van der Waals surface area (Å²) in [5.74, 6) is -0.418. The third-order valence-electron chi connectivity index (χ3n) is 7.70. The summed E-state index contributed by atoms with van der Waals surface area (Å²) in [5, 5.41) is 30.9. The first kappa shape index (κ1) is 14.3. The van der Waals surface area contributed by atoms with Gasteiger partial charge in [0, 0.05) is 18.8 Å². The van der Waals surface area contributed by atoms with Crippen molar-refractivity contribution in [2.24, 2.45) is 23.2 Å². The van der Waals surface area contributed by atoms with Crippen LogP contribution in [0.2, 0.25) is 0 Å². The SMILES string of the molecule is [2H]C([2H])([2H])C(O)(CCC[C@H](C)[C@@H]1CC[C@@H]2/C(=C/C=C3/C[C@H](O)C[C@@H](O)C3=C)CCC[C@]21C([2H])([2H])[2H])C([2H])([2H])[2H]. The number of aliphatic hydroxyl groups is 3. The Kier molecular flexibility index (Phi) is 4.43. The van der Waals surface area contributed by atoms with Crippen LogP contribution in [-0.2, 0) is 0 Å². The molecule has 0 heterocycles. The first-order valence-electron chi connectivity index (χ1n) is 15.9. The molecule has 3 rings (SSSR count). The van der Waals surface area contributed by atoms with Gasteiger partial charge in [0.2, 0.25) is 0 Å². The van der Waals surface area contributed by atoms with Crippen molar-refractivity contribution in [2.45, 2.75) is 109 Å². The summed E-state index contributed by atoms with van der Waals surface area (Å²) in [7, 11) is 0. The van der Waals surface area contributed by atoms with E-state index in [1.807, 2.05) is 19.1 Å². The molecule has 6 atom stereocenters. The van der Waals surface area contributed by atoms with Crippen LogP contribution < -0.4 is 0 Å². The van der Waals surface area contributed by atoms with E-state index in [0.29, 0.717) is 37.7 Å². The number of hydrogen-bond acceptors (Lipinski definition) is 3. The smallest absolute Gasteiger partial charge is 0.0811 e. The van der Waals surface area contributed by atoms with Crippen LogP contribution in [0.1, 0.15) is 104 Å². The predicted octanol–water partition coefficient (Wildman–Crippen LogP) is 5.70. The number of hydrogen-bond donors (Lipinski definition) is 3. The van der Waals surface area contributed by atoms with Crippen LogP contribution >= 0.6 is 0 Å². The van der Waals surface area contributed by atoms with Crippen LogP contribution in [0.5, 0.6) is 0 Å². The highest BCUT2D eigenvalue weighted by Crippen LogP contribution is 2.60. The third kappa shape index (κ3) is 5.29. The molecule has 0 radical (unpaired) electrons. The molecule has 0 aromatic rings. The standard InChI is InChI=1S/C27H44O3/c1-18(8-6-14-26(3,4)30)23-12-13-24-20(9-7-15-27(23,24)5)10-11-21-16-22(28)17-25(29)19(21)2/h10-11,18,22-25,28-30H,2,6-9,12-17H2,1,3-5H3/b20-10+,21-11-/t18-,22-,23-,24+,25+,27-/m0/s1/i3D3,4D3,5D3. The number of aliphatic hydroxyl groups excluding tert-OH is 2. The van der Waals surface area contributed by atoms with Crippen LogP contribution in [-0.4, -0.2) is 33.1 Å². The molecule has 30 heavy (non-hydrogen) atoms. The quantitative estimate of drug-likeness (QED) is 0.511. The maximum absolute atomic E-state index is 10.6. The normalized spacial score (nSPS) is 44.5. The fourth-order valence-electron chi connectivity index (χ4n) is 6.09. The molecule has 3 heteroatoms. The van der Waals surface area contributed by atoms with Gasteiger partial charge < -0.3 is 15.3 Å². The summed E-state index contributed by atoms with van der Waals surface area (Å²) in [5.41, 5.74) is -1.33. The Morgan fingerprint density at radius 2 is 2.10 bits per heavy atom. The number of allylic oxidation sites excluding steroid dienone is 3. The van der Waals surface area contributed by atoms with Gasteiger partial charge >= 0.3 is 0 Å². The first-order chi connectivity index (χ1) is 17.8. The summed E-state index contributed by atoms with van der Waals surface area (Å²) in [6.45, 7) is -2.42. The van der Waals surface area contributed by atoms with E-state index in [4.69, 9.17) is 12.3 Å². The van der Waals surface area contributed by atoms with E-state index < -0.39 is 50.2 Å². The molecule has 0 aromatic heterocycles. The maximum atomic E-state index is 10.6. The highest BCUT2D eigenvalue weighted by Gasteiger charge is 2.50. The minimum atomic E-state index is -3.06. The molecule has 0 aliphatic heterocycles. The van der Waals surface area contributed by atoms with Gasteiger partial charge in [-0.25, -0.2) is 0 Å². The molecule has 3 aliphatic rings. The molecule has 3 fully saturated rings. The van der Waals surface area contributed by atoms with Crippen molar-refractivity contribution >= 4 is 0 Å². The van der Waals surface area contributed by atoms with Crippen molar-refractivity contribution in [1.82, 2.24) is 0 Å². The van der Waals surface area contributed by atoms with E-state index >= 15 is 0 Å². The van der Waals surface area contributed by atoms with E-state index in [1.165, 1.54) is 0 Å². The Morgan fingerprint density at radius 1 is 1.30 bits per heavy atom. The Labute approximate surface area is 196 Å². The van der Waals surface area contributed by atoms with Gasteiger partial charge in [0.1, 0.15) is 0 Å². The Bertz CT molecular complexity index is 949. The van der Waals surface area contributed by atoms with Gasteiger partial charge in [-0.3, -0.25) is 0 Å². The van der Waals surface area contributed by atoms with E-state index in [0.717, 1.165) is 24.0 Å². The molecular weight excluding hydrogens is 372 g/mol. The van der Waals surface area contributed by atoms with Gasteiger partial charge in [-0.2, -0.15) is 0 Å². The first-order valence-corrected chi connectivity index (χ1v) is 11.4. The van der Waals surface area contributed by atoms with E-state index in [2.05, 4.69) is 6.58 Å². The van der Waals surface area contributed by atoms with Crippen molar-refractivity contribution in [1.29, 1.82) is 0 Å². The Hall–Kier alpha value is -0.900. The Morgan fingerprint density at radius 3 is 2.83 bits per heavy atom. The van der Waals surface area contributed by atoms with E-state index in [1.54, 1.807) is 0 Å². The zero-order valence-corrected chi connectivity index (χ0v) is 18.2. The van der Waals surface area contributed by atoms with Crippen molar-refractivity contribution in [3.8, 4) is 0 Å².